The molecule has 1 fully saturated rings. The van der Waals surface area contributed by atoms with E-state index >= 15 is 0 Å². The van der Waals surface area contributed by atoms with E-state index in [4.69, 9.17) is 0 Å². The third-order valence-corrected chi connectivity index (χ3v) is 5.34. The van der Waals surface area contributed by atoms with Gasteiger partial charge in [-0.05, 0) is 43.0 Å². The van der Waals surface area contributed by atoms with Gasteiger partial charge in [0.05, 0.1) is 6.10 Å². The van der Waals surface area contributed by atoms with Gasteiger partial charge in [-0.2, -0.15) is 0 Å². The standard InChI is InChI=1S/C19H25FN2O3/c1-21(12-14-3-2-4-17(14)23)18(24)9-10-22-16-7-6-15(20)11-13(16)5-8-19(22)25/h6-7,11,14,17,23H,2-5,8-10,12H2,1H3. The Hall–Kier alpha value is -1.95. The van der Waals surface area contributed by atoms with E-state index < -0.39 is 0 Å². The highest BCUT2D eigenvalue weighted by Crippen LogP contribution is 2.29. The molecule has 5 nitrogen and oxygen atoms in total. The van der Waals surface area contributed by atoms with Gasteiger partial charge in [0.25, 0.3) is 0 Å². The first-order valence-electron chi connectivity index (χ1n) is 8.96. The Morgan fingerprint density at radius 1 is 1.36 bits per heavy atom. The molecule has 0 aromatic heterocycles. The molecule has 25 heavy (non-hydrogen) atoms. The Labute approximate surface area is 147 Å². The summed E-state index contributed by atoms with van der Waals surface area (Å²) in [6, 6.07) is 4.43. The second-order valence-corrected chi connectivity index (χ2v) is 7.10. The summed E-state index contributed by atoms with van der Waals surface area (Å²) in [6.07, 6.45) is 3.54. The van der Waals surface area contributed by atoms with E-state index in [1.165, 1.54) is 12.1 Å². The molecule has 0 spiro atoms. The van der Waals surface area contributed by atoms with E-state index in [-0.39, 0.29) is 36.1 Å². The molecular formula is C19H25FN2O3. The van der Waals surface area contributed by atoms with Gasteiger partial charge in [0.1, 0.15) is 5.82 Å². The number of aryl methyl sites for hydroxylation is 1. The van der Waals surface area contributed by atoms with Crippen LogP contribution in [0.5, 0.6) is 0 Å². The molecule has 2 unspecified atom stereocenters. The van der Waals surface area contributed by atoms with Crippen LogP contribution in [0, 0.1) is 11.7 Å². The van der Waals surface area contributed by atoms with E-state index in [9.17, 15) is 19.1 Å². The number of aliphatic hydroxyl groups excluding tert-OH is 1. The van der Waals surface area contributed by atoms with Gasteiger partial charge in [0.2, 0.25) is 11.8 Å². The second-order valence-electron chi connectivity index (χ2n) is 7.10. The van der Waals surface area contributed by atoms with Crippen molar-refractivity contribution < 1.29 is 19.1 Å². The number of carbonyl (C=O) groups is 2. The fourth-order valence-electron chi connectivity index (χ4n) is 3.86. The lowest BCUT2D eigenvalue weighted by atomic mass is 10.0. The fourth-order valence-corrected chi connectivity index (χ4v) is 3.86. The number of aliphatic hydroxyl groups is 1. The number of fused-ring (bicyclic) bond motifs is 1. The van der Waals surface area contributed by atoms with E-state index in [0.29, 0.717) is 31.6 Å². The number of benzene rings is 1. The first kappa shape index (κ1) is 17.9. The highest BCUT2D eigenvalue weighted by atomic mass is 19.1. The molecule has 2 aliphatic rings. The lowest BCUT2D eigenvalue weighted by Crippen LogP contribution is -2.40. The lowest BCUT2D eigenvalue weighted by molar-refractivity contribution is -0.130. The Balaban J connectivity index is 1.59. The third kappa shape index (κ3) is 4.00. The monoisotopic (exact) mass is 348 g/mol. The van der Waals surface area contributed by atoms with Crippen LogP contribution in [0.2, 0.25) is 0 Å². The maximum absolute atomic E-state index is 13.4. The summed E-state index contributed by atoms with van der Waals surface area (Å²) in [4.78, 5) is 27.9. The van der Waals surface area contributed by atoms with E-state index in [0.717, 1.165) is 24.8 Å². The van der Waals surface area contributed by atoms with Crippen molar-refractivity contribution >= 4 is 17.5 Å². The number of amides is 2. The molecule has 3 rings (SSSR count). The maximum atomic E-state index is 13.4. The number of halogens is 1. The van der Waals surface area contributed by atoms with Crippen molar-refractivity contribution in [1.29, 1.82) is 0 Å². The molecule has 0 bridgehead atoms. The molecule has 136 valence electrons. The quantitative estimate of drug-likeness (QED) is 0.887. The Morgan fingerprint density at radius 3 is 2.88 bits per heavy atom. The third-order valence-electron chi connectivity index (χ3n) is 5.34. The largest absolute Gasteiger partial charge is 0.393 e. The zero-order chi connectivity index (χ0) is 18.0. The van der Waals surface area contributed by atoms with Crippen LogP contribution in [-0.4, -0.2) is 48.1 Å². The zero-order valence-corrected chi connectivity index (χ0v) is 14.6. The van der Waals surface area contributed by atoms with Gasteiger partial charge in [0, 0.05) is 44.6 Å². The average molecular weight is 348 g/mol. The minimum atomic E-state index is -0.319. The number of anilines is 1. The molecule has 1 aliphatic carbocycles. The van der Waals surface area contributed by atoms with Gasteiger partial charge >= 0.3 is 0 Å². The maximum Gasteiger partial charge on any atom is 0.227 e. The molecule has 1 aromatic rings. The van der Waals surface area contributed by atoms with Gasteiger partial charge in [-0.3, -0.25) is 9.59 Å². The second kappa shape index (κ2) is 7.52. The normalized spacial score (nSPS) is 22.8. The first-order chi connectivity index (χ1) is 12.0. The summed E-state index contributed by atoms with van der Waals surface area (Å²) in [6.45, 7) is 0.851. The Morgan fingerprint density at radius 2 is 2.16 bits per heavy atom. The Bertz CT molecular complexity index is 664. The zero-order valence-electron chi connectivity index (χ0n) is 14.6. The van der Waals surface area contributed by atoms with Crippen molar-refractivity contribution in [3.63, 3.8) is 0 Å². The number of hydrogen-bond donors (Lipinski definition) is 1. The molecule has 1 N–H and O–H groups in total. The minimum absolute atomic E-state index is 0.0271. The topological polar surface area (TPSA) is 60.9 Å². The first-order valence-corrected chi connectivity index (χ1v) is 8.96. The van der Waals surface area contributed by atoms with Gasteiger partial charge in [-0.15, -0.1) is 0 Å². The fraction of sp³-hybridized carbons (Fsp3) is 0.579. The van der Waals surface area contributed by atoms with Crippen LogP contribution in [0.15, 0.2) is 18.2 Å². The van der Waals surface area contributed by atoms with Crippen LogP contribution in [0.25, 0.3) is 0 Å². The molecule has 0 radical (unpaired) electrons. The summed E-state index contributed by atoms with van der Waals surface area (Å²) in [5, 5.41) is 9.90. The van der Waals surface area contributed by atoms with Crippen molar-refractivity contribution in [2.24, 2.45) is 5.92 Å². The number of hydrogen-bond acceptors (Lipinski definition) is 3. The predicted molar refractivity (Wildman–Crippen MR) is 92.7 cm³/mol. The summed E-state index contributed by atoms with van der Waals surface area (Å²) in [5.74, 6) is -0.227. The highest BCUT2D eigenvalue weighted by Gasteiger charge is 2.28. The van der Waals surface area contributed by atoms with Crippen molar-refractivity contribution in [2.75, 3.05) is 25.0 Å². The van der Waals surface area contributed by atoms with Crippen molar-refractivity contribution in [2.45, 2.75) is 44.6 Å². The van der Waals surface area contributed by atoms with Crippen LogP contribution < -0.4 is 4.90 Å². The molecule has 2 amide bonds. The molecule has 1 aromatic carbocycles. The van der Waals surface area contributed by atoms with Gasteiger partial charge in [-0.1, -0.05) is 6.42 Å². The van der Waals surface area contributed by atoms with Gasteiger partial charge in [0.15, 0.2) is 0 Å². The summed E-state index contributed by atoms with van der Waals surface area (Å²) >= 11 is 0. The average Bonchev–Trinajstić information content (AvgIpc) is 2.98. The number of rotatable bonds is 5. The molecular weight excluding hydrogens is 323 g/mol. The minimum Gasteiger partial charge on any atom is -0.393 e. The van der Waals surface area contributed by atoms with Gasteiger partial charge < -0.3 is 14.9 Å². The van der Waals surface area contributed by atoms with E-state index in [1.807, 2.05) is 0 Å². The molecule has 2 atom stereocenters. The number of carbonyl (C=O) groups excluding carboxylic acids is 2. The SMILES string of the molecule is CN(CC1CCCC1O)C(=O)CCN1C(=O)CCc2cc(F)ccc21. The van der Waals surface area contributed by atoms with Crippen molar-refractivity contribution in [3.8, 4) is 0 Å². The van der Waals surface area contributed by atoms with Crippen LogP contribution in [-0.2, 0) is 16.0 Å². The van der Waals surface area contributed by atoms with E-state index in [1.54, 1.807) is 22.9 Å². The predicted octanol–water partition coefficient (Wildman–Crippen LogP) is 2.11. The molecule has 6 heteroatoms. The van der Waals surface area contributed by atoms with Crippen LogP contribution in [0.3, 0.4) is 0 Å². The molecule has 0 saturated heterocycles. The summed E-state index contributed by atoms with van der Waals surface area (Å²) in [5.41, 5.74) is 1.52. The van der Waals surface area contributed by atoms with Crippen molar-refractivity contribution in [3.05, 3.63) is 29.6 Å². The highest BCUT2D eigenvalue weighted by molar-refractivity contribution is 5.97. The van der Waals surface area contributed by atoms with Crippen molar-refractivity contribution in [1.82, 2.24) is 4.90 Å². The Kier molecular flexibility index (Phi) is 5.37. The van der Waals surface area contributed by atoms with Crippen LogP contribution >= 0.6 is 0 Å². The lowest BCUT2D eigenvalue weighted by Gasteiger charge is -2.30. The summed E-state index contributed by atoms with van der Waals surface area (Å²) in [7, 11) is 1.74. The van der Waals surface area contributed by atoms with Crippen LogP contribution in [0.4, 0.5) is 10.1 Å². The van der Waals surface area contributed by atoms with Crippen LogP contribution in [0.1, 0.15) is 37.7 Å². The molecule has 1 heterocycles. The number of nitrogens with zero attached hydrogens (tertiary/aromatic N) is 2. The summed E-state index contributed by atoms with van der Waals surface area (Å²) < 4.78 is 13.4. The molecule has 1 saturated carbocycles. The van der Waals surface area contributed by atoms with E-state index in [2.05, 4.69) is 0 Å². The van der Waals surface area contributed by atoms with Gasteiger partial charge in [-0.25, -0.2) is 4.39 Å². The smallest absolute Gasteiger partial charge is 0.227 e. The molecule has 1 aliphatic heterocycles.